The molecule has 1 heterocycles. The minimum absolute atomic E-state index is 0.389. The molecule has 21 heavy (non-hydrogen) atoms. The van der Waals surface area contributed by atoms with Gasteiger partial charge in [-0.15, -0.1) is 0 Å². The van der Waals surface area contributed by atoms with Gasteiger partial charge in [-0.2, -0.15) is 0 Å². The lowest BCUT2D eigenvalue weighted by molar-refractivity contribution is -0.148. The van der Waals surface area contributed by atoms with Crippen molar-refractivity contribution in [1.29, 1.82) is 0 Å². The average Bonchev–Trinajstić information content (AvgIpc) is 2.88. The van der Waals surface area contributed by atoms with Gasteiger partial charge in [-0.25, -0.2) is 9.59 Å². The van der Waals surface area contributed by atoms with E-state index in [0.717, 1.165) is 0 Å². The van der Waals surface area contributed by atoms with Crippen molar-refractivity contribution in [2.75, 3.05) is 11.9 Å². The molecule has 7 heteroatoms. The summed E-state index contributed by atoms with van der Waals surface area (Å²) in [5.41, 5.74) is -0.535. The highest BCUT2D eigenvalue weighted by molar-refractivity contribution is 9.10. The zero-order chi connectivity index (χ0) is 15.6. The number of nitrogens with one attached hydrogen (secondary N) is 1. The molecule has 1 aromatic rings. The normalized spacial score (nSPS) is 21.4. The van der Waals surface area contributed by atoms with Crippen molar-refractivity contribution in [3.8, 4) is 0 Å². The number of benzene rings is 1. The number of hydrogen-bond donors (Lipinski definition) is 2. The molecule has 1 aliphatic rings. The number of urea groups is 1. The Morgan fingerprint density at radius 2 is 2.24 bits per heavy atom. The first kappa shape index (κ1) is 16.1. The third kappa shape index (κ3) is 3.01. The fourth-order valence-electron chi connectivity index (χ4n) is 2.68. The molecule has 0 saturated carbocycles. The van der Waals surface area contributed by atoms with Crippen LogP contribution < -0.4 is 5.32 Å². The number of likely N-dealkylation sites (tertiary alicyclic amines) is 1. The fraction of sp³-hybridized carbons (Fsp3) is 0.429. The summed E-state index contributed by atoms with van der Waals surface area (Å²) in [6.45, 7) is 2.24. The predicted molar refractivity (Wildman–Crippen MR) is 84.8 cm³/mol. The Balaban J connectivity index is 2.19. The summed E-state index contributed by atoms with van der Waals surface area (Å²) in [6, 6.07) is 4.63. The zero-order valence-corrected chi connectivity index (χ0v) is 13.9. The molecule has 1 saturated heterocycles. The van der Waals surface area contributed by atoms with Crippen LogP contribution in [0.5, 0.6) is 0 Å². The van der Waals surface area contributed by atoms with Crippen LogP contribution in [0.1, 0.15) is 26.2 Å². The first-order chi connectivity index (χ1) is 9.90. The van der Waals surface area contributed by atoms with E-state index < -0.39 is 17.5 Å². The molecule has 0 radical (unpaired) electrons. The monoisotopic (exact) mass is 374 g/mol. The molecule has 0 aromatic heterocycles. The van der Waals surface area contributed by atoms with Crippen LogP contribution in [0.2, 0.25) is 5.02 Å². The minimum atomic E-state index is -1.10. The molecule has 2 rings (SSSR count). The Labute approximate surface area is 136 Å². The van der Waals surface area contributed by atoms with Crippen LogP contribution in [-0.4, -0.2) is 34.1 Å². The Hall–Kier alpha value is -1.27. The van der Waals surface area contributed by atoms with E-state index in [0.29, 0.717) is 41.0 Å². The standard InChI is InChI=1S/C14H16BrClN2O3/c1-2-14(12(19)20)6-3-7-18(14)13(21)17-9-4-5-11(16)10(15)8-9/h4-5,8H,2-3,6-7H2,1H3,(H,17,21)(H,19,20). The molecule has 2 N–H and O–H groups in total. The minimum Gasteiger partial charge on any atom is -0.479 e. The molecule has 1 fully saturated rings. The zero-order valence-electron chi connectivity index (χ0n) is 11.5. The highest BCUT2D eigenvalue weighted by Gasteiger charge is 2.48. The van der Waals surface area contributed by atoms with E-state index in [2.05, 4.69) is 21.2 Å². The maximum Gasteiger partial charge on any atom is 0.329 e. The third-order valence-corrected chi connectivity index (χ3v) is 5.10. The Morgan fingerprint density at radius 3 is 2.81 bits per heavy atom. The van der Waals surface area contributed by atoms with Crippen molar-refractivity contribution in [2.24, 2.45) is 0 Å². The number of carboxylic acid groups (broad SMARTS) is 1. The van der Waals surface area contributed by atoms with Crippen LogP contribution in [-0.2, 0) is 4.79 Å². The van der Waals surface area contributed by atoms with E-state index >= 15 is 0 Å². The second kappa shape index (κ2) is 6.23. The Morgan fingerprint density at radius 1 is 1.52 bits per heavy atom. The number of carbonyl (C=O) groups is 2. The van der Waals surface area contributed by atoms with Gasteiger partial charge in [0.15, 0.2) is 0 Å². The van der Waals surface area contributed by atoms with E-state index in [-0.39, 0.29) is 0 Å². The van der Waals surface area contributed by atoms with Crippen molar-refractivity contribution >= 4 is 45.2 Å². The molecule has 0 bridgehead atoms. The van der Waals surface area contributed by atoms with Gasteiger partial charge >= 0.3 is 12.0 Å². The van der Waals surface area contributed by atoms with Crippen LogP contribution in [0.3, 0.4) is 0 Å². The average molecular weight is 376 g/mol. The molecule has 1 aliphatic heterocycles. The van der Waals surface area contributed by atoms with Gasteiger partial charge in [0.05, 0.1) is 5.02 Å². The summed E-state index contributed by atoms with van der Waals surface area (Å²) in [5, 5.41) is 12.8. The van der Waals surface area contributed by atoms with Crippen LogP contribution in [0.15, 0.2) is 22.7 Å². The van der Waals surface area contributed by atoms with E-state index in [1.807, 2.05) is 0 Å². The first-order valence-electron chi connectivity index (χ1n) is 6.68. The summed E-state index contributed by atoms with van der Waals surface area (Å²) in [6.07, 6.45) is 1.56. The molecule has 2 amide bonds. The SMILES string of the molecule is CCC1(C(=O)O)CCCN1C(=O)Nc1ccc(Cl)c(Br)c1. The number of carbonyl (C=O) groups excluding carboxylic acids is 1. The van der Waals surface area contributed by atoms with Crippen molar-refractivity contribution in [2.45, 2.75) is 31.7 Å². The van der Waals surface area contributed by atoms with Gasteiger partial charge in [0, 0.05) is 16.7 Å². The van der Waals surface area contributed by atoms with Gasteiger partial charge < -0.3 is 15.3 Å². The number of anilines is 1. The summed E-state index contributed by atoms with van der Waals surface area (Å²) in [4.78, 5) is 25.4. The quantitative estimate of drug-likeness (QED) is 0.840. The van der Waals surface area contributed by atoms with Crippen molar-refractivity contribution in [1.82, 2.24) is 4.90 Å². The second-order valence-corrected chi connectivity index (χ2v) is 6.27. The molecule has 1 aromatic carbocycles. The van der Waals surface area contributed by atoms with Gasteiger partial charge in [0.1, 0.15) is 5.54 Å². The topological polar surface area (TPSA) is 69.6 Å². The Bertz CT molecular complexity index is 581. The largest absolute Gasteiger partial charge is 0.479 e. The number of halogens is 2. The molecular weight excluding hydrogens is 360 g/mol. The predicted octanol–water partition coefficient (Wildman–Crippen LogP) is 3.96. The molecule has 0 aliphatic carbocycles. The molecule has 1 unspecified atom stereocenters. The third-order valence-electron chi connectivity index (χ3n) is 3.89. The molecular formula is C14H16BrClN2O3. The summed E-state index contributed by atoms with van der Waals surface area (Å²) >= 11 is 9.19. The molecule has 114 valence electrons. The Kier molecular flexibility index (Phi) is 4.78. The fourth-order valence-corrected chi connectivity index (χ4v) is 3.18. The van der Waals surface area contributed by atoms with E-state index in [4.69, 9.17) is 11.6 Å². The summed E-state index contributed by atoms with van der Waals surface area (Å²) < 4.78 is 0.670. The van der Waals surface area contributed by atoms with Gasteiger partial charge in [0.25, 0.3) is 0 Å². The van der Waals surface area contributed by atoms with E-state index in [1.54, 1.807) is 25.1 Å². The van der Waals surface area contributed by atoms with Crippen LogP contribution >= 0.6 is 27.5 Å². The lowest BCUT2D eigenvalue weighted by atomic mass is 9.93. The van der Waals surface area contributed by atoms with Gasteiger partial charge in [-0.05, 0) is 53.4 Å². The summed E-state index contributed by atoms with van der Waals surface area (Å²) in [5.74, 6) is -0.949. The van der Waals surface area contributed by atoms with Gasteiger partial charge in [0.2, 0.25) is 0 Å². The number of hydrogen-bond acceptors (Lipinski definition) is 2. The highest BCUT2D eigenvalue weighted by Crippen LogP contribution is 2.33. The number of rotatable bonds is 3. The maximum absolute atomic E-state index is 12.4. The van der Waals surface area contributed by atoms with E-state index in [1.165, 1.54) is 4.90 Å². The molecule has 1 atom stereocenters. The van der Waals surface area contributed by atoms with E-state index in [9.17, 15) is 14.7 Å². The van der Waals surface area contributed by atoms with Crippen LogP contribution in [0.4, 0.5) is 10.5 Å². The second-order valence-electron chi connectivity index (χ2n) is 5.00. The lowest BCUT2D eigenvalue weighted by Crippen LogP contribution is -2.54. The molecule has 0 spiro atoms. The molecule has 5 nitrogen and oxygen atoms in total. The van der Waals surface area contributed by atoms with Crippen molar-refractivity contribution < 1.29 is 14.7 Å². The van der Waals surface area contributed by atoms with Crippen molar-refractivity contribution in [3.63, 3.8) is 0 Å². The first-order valence-corrected chi connectivity index (χ1v) is 7.85. The number of aliphatic carboxylic acids is 1. The maximum atomic E-state index is 12.4. The van der Waals surface area contributed by atoms with Crippen LogP contribution in [0.25, 0.3) is 0 Å². The smallest absolute Gasteiger partial charge is 0.329 e. The highest BCUT2D eigenvalue weighted by atomic mass is 79.9. The van der Waals surface area contributed by atoms with Crippen molar-refractivity contribution in [3.05, 3.63) is 27.7 Å². The van der Waals surface area contributed by atoms with Gasteiger partial charge in [-0.1, -0.05) is 18.5 Å². The summed E-state index contributed by atoms with van der Waals surface area (Å²) in [7, 11) is 0. The lowest BCUT2D eigenvalue weighted by Gasteiger charge is -2.33. The van der Waals surface area contributed by atoms with Gasteiger partial charge in [-0.3, -0.25) is 0 Å². The number of amides is 2. The number of nitrogens with zero attached hydrogens (tertiary/aromatic N) is 1. The van der Waals surface area contributed by atoms with Crippen LogP contribution in [0, 0.1) is 0 Å². The number of carboxylic acids is 1.